The van der Waals surface area contributed by atoms with E-state index in [-0.39, 0.29) is 6.42 Å². The molecular weight excluding hydrogens is 223 g/mol. The predicted octanol–water partition coefficient (Wildman–Crippen LogP) is 2.09. The van der Waals surface area contributed by atoms with Gasteiger partial charge in [0.05, 0.1) is 11.7 Å². The van der Waals surface area contributed by atoms with Crippen LogP contribution >= 0.6 is 0 Å². The van der Waals surface area contributed by atoms with Gasteiger partial charge in [-0.2, -0.15) is 0 Å². The van der Waals surface area contributed by atoms with E-state index in [4.69, 9.17) is 4.74 Å². The highest BCUT2D eigenvalue weighted by atomic mass is 19.1. The minimum Gasteiger partial charge on any atom is -0.459 e. The van der Waals surface area contributed by atoms with Gasteiger partial charge in [-0.3, -0.25) is 0 Å². The Morgan fingerprint density at radius 3 is 2.65 bits per heavy atom. The lowest BCUT2D eigenvalue weighted by Crippen LogP contribution is -2.35. The molecule has 92 valence electrons. The molecule has 2 rings (SSSR count). The largest absolute Gasteiger partial charge is 0.459 e. The van der Waals surface area contributed by atoms with Crippen molar-refractivity contribution in [3.05, 3.63) is 35.9 Å². The number of alkyl halides is 1. The highest BCUT2D eigenvalue weighted by Crippen LogP contribution is 2.24. The van der Waals surface area contributed by atoms with E-state index < -0.39 is 24.3 Å². The van der Waals surface area contributed by atoms with Crippen LogP contribution in [-0.4, -0.2) is 29.5 Å². The van der Waals surface area contributed by atoms with Gasteiger partial charge in [0.1, 0.15) is 12.3 Å². The highest BCUT2D eigenvalue weighted by molar-refractivity contribution is 5.89. The number of rotatable bonds is 2. The van der Waals surface area contributed by atoms with E-state index in [1.807, 2.05) is 6.07 Å². The zero-order chi connectivity index (χ0) is 12.3. The summed E-state index contributed by atoms with van der Waals surface area (Å²) in [7, 11) is 0. The molecule has 4 heteroatoms. The van der Waals surface area contributed by atoms with Gasteiger partial charge in [-0.25, -0.2) is 9.18 Å². The van der Waals surface area contributed by atoms with Gasteiger partial charge in [0.2, 0.25) is 0 Å². The molecule has 1 aromatic carbocycles. The van der Waals surface area contributed by atoms with Gasteiger partial charge in [0.15, 0.2) is 0 Å². The van der Waals surface area contributed by atoms with Crippen LogP contribution in [0.15, 0.2) is 30.3 Å². The van der Waals surface area contributed by atoms with Gasteiger partial charge in [0.25, 0.3) is 0 Å². The Kier molecular flexibility index (Phi) is 3.74. The van der Waals surface area contributed by atoms with E-state index in [9.17, 15) is 14.3 Å². The standard InChI is InChI=1S/C13H15FO3/c14-11-8-10(6-7-12(11)15)17-13(16)9-4-2-1-3-5-9/h1-5,10-12,15H,6-8H2/t10-,11+,12?/m1/s1. The molecular formula is C13H15FO3. The Balaban J connectivity index is 1.92. The number of aliphatic hydroxyl groups excluding tert-OH is 1. The monoisotopic (exact) mass is 238 g/mol. The molecule has 0 heterocycles. The first-order valence-electron chi connectivity index (χ1n) is 5.75. The topological polar surface area (TPSA) is 46.5 Å². The fraction of sp³-hybridized carbons (Fsp3) is 0.462. The van der Waals surface area contributed by atoms with E-state index in [1.54, 1.807) is 24.3 Å². The highest BCUT2D eigenvalue weighted by Gasteiger charge is 2.31. The molecule has 0 aliphatic heterocycles. The lowest BCUT2D eigenvalue weighted by molar-refractivity contribution is -0.0283. The van der Waals surface area contributed by atoms with E-state index in [1.165, 1.54) is 0 Å². The zero-order valence-corrected chi connectivity index (χ0v) is 9.38. The summed E-state index contributed by atoms with van der Waals surface area (Å²) >= 11 is 0. The number of ether oxygens (including phenoxy) is 1. The summed E-state index contributed by atoms with van der Waals surface area (Å²) in [5.74, 6) is -0.431. The number of hydrogen-bond acceptors (Lipinski definition) is 3. The van der Waals surface area contributed by atoms with Gasteiger partial charge in [0, 0.05) is 6.42 Å². The third-order valence-corrected chi connectivity index (χ3v) is 2.97. The van der Waals surface area contributed by atoms with Crippen LogP contribution in [0.2, 0.25) is 0 Å². The summed E-state index contributed by atoms with van der Waals surface area (Å²) in [5.41, 5.74) is 0.467. The van der Waals surface area contributed by atoms with Gasteiger partial charge < -0.3 is 9.84 Å². The average Bonchev–Trinajstić information content (AvgIpc) is 2.35. The Labute approximate surface area is 99.2 Å². The fourth-order valence-electron chi connectivity index (χ4n) is 1.96. The number of hydrogen-bond donors (Lipinski definition) is 1. The van der Waals surface area contributed by atoms with Crippen molar-refractivity contribution in [1.29, 1.82) is 0 Å². The number of carbonyl (C=O) groups is 1. The maximum atomic E-state index is 13.2. The third kappa shape index (κ3) is 3.03. The third-order valence-electron chi connectivity index (χ3n) is 2.97. The van der Waals surface area contributed by atoms with Crippen LogP contribution in [0.1, 0.15) is 29.6 Å². The normalized spacial score (nSPS) is 28.7. The van der Waals surface area contributed by atoms with E-state index in [0.29, 0.717) is 18.4 Å². The minimum atomic E-state index is -1.29. The van der Waals surface area contributed by atoms with Gasteiger partial charge in [-0.1, -0.05) is 18.2 Å². The Bertz CT molecular complexity index is 380. The van der Waals surface area contributed by atoms with Crippen LogP contribution in [0, 0.1) is 0 Å². The molecule has 1 unspecified atom stereocenters. The van der Waals surface area contributed by atoms with Crippen LogP contribution in [0.4, 0.5) is 4.39 Å². The molecule has 1 aromatic rings. The molecule has 0 aromatic heterocycles. The minimum absolute atomic E-state index is 0.0831. The van der Waals surface area contributed by atoms with Crippen molar-refractivity contribution in [2.24, 2.45) is 0 Å². The quantitative estimate of drug-likeness (QED) is 0.802. The number of halogens is 1. The molecule has 0 radical (unpaired) electrons. The van der Waals surface area contributed by atoms with Crippen molar-refractivity contribution < 1.29 is 19.0 Å². The summed E-state index contributed by atoms with van der Waals surface area (Å²) in [6, 6.07) is 8.63. The predicted molar refractivity (Wildman–Crippen MR) is 60.4 cm³/mol. The molecule has 0 amide bonds. The zero-order valence-electron chi connectivity index (χ0n) is 9.38. The van der Waals surface area contributed by atoms with Crippen molar-refractivity contribution in [1.82, 2.24) is 0 Å². The van der Waals surface area contributed by atoms with Crippen molar-refractivity contribution in [2.45, 2.75) is 37.6 Å². The smallest absolute Gasteiger partial charge is 0.338 e. The molecule has 17 heavy (non-hydrogen) atoms. The number of aliphatic hydroxyl groups is 1. The molecule has 1 aliphatic carbocycles. The van der Waals surface area contributed by atoms with Crippen LogP contribution in [-0.2, 0) is 4.74 Å². The molecule has 1 saturated carbocycles. The van der Waals surface area contributed by atoms with Gasteiger partial charge >= 0.3 is 5.97 Å². The second-order valence-corrected chi connectivity index (χ2v) is 4.29. The summed E-state index contributed by atoms with van der Waals surface area (Å²) < 4.78 is 18.4. The Hall–Kier alpha value is -1.42. The van der Waals surface area contributed by atoms with Crippen LogP contribution in [0.25, 0.3) is 0 Å². The lowest BCUT2D eigenvalue weighted by Gasteiger charge is -2.28. The Morgan fingerprint density at radius 1 is 1.29 bits per heavy atom. The fourth-order valence-corrected chi connectivity index (χ4v) is 1.96. The van der Waals surface area contributed by atoms with Crippen molar-refractivity contribution in [3.8, 4) is 0 Å². The van der Waals surface area contributed by atoms with E-state index >= 15 is 0 Å². The molecule has 1 fully saturated rings. The lowest BCUT2D eigenvalue weighted by atomic mass is 9.93. The molecule has 0 spiro atoms. The SMILES string of the molecule is O=C(O[C@@H]1CCC(O)[C@@H](F)C1)c1ccccc1. The average molecular weight is 238 g/mol. The van der Waals surface area contributed by atoms with Crippen LogP contribution in [0.3, 0.4) is 0 Å². The first-order valence-corrected chi connectivity index (χ1v) is 5.75. The Morgan fingerprint density at radius 2 is 2.00 bits per heavy atom. The van der Waals surface area contributed by atoms with Crippen molar-refractivity contribution >= 4 is 5.97 Å². The summed E-state index contributed by atoms with van der Waals surface area (Å²) in [6.07, 6.45) is -1.70. The van der Waals surface area contributed by atoms with Crippen LogP contribution in [0.5, 0.6) is 0 Å². The summed E-state index contributed by atoms with van der Waals surface area (Å²) in [6.45, 7) is 0. The van der Waals surface area contributed by atoms with Crippen molar-refractivity contribution in [2.75, 3.05) is 0 Å². The van der Waals surface area contributed by atoms with Crippen LogP contribution < -0.4 is 0 Å². The second kappa shape index (κ2) is 5.27. The maximum absolute atomic E-state index is 13.2. The molecule has 3 atom stereocenters. The van der Waals surface area contributed by atoms with Gasteiger partial charge in [-0.15, -0.1) is 0 Å². The summed E-state index contributed by atoms with van der Waals surface area (Å²) in [4.78, 5) is 11.7. The first-order chi connectivity index (χ1) is 8.16. The summed E-state index contributed by atoms with van der Waals surface area (Å²) in [5, 5.41) is 9.23. The van der Waals surface area contributed by atoms with E-state index in [0.717, 1.165) is 0 Å². The first kappa shape index (κ1) is 12.0. The maximum Gasteiger partial charge on any atom is 0.338 e. The number of carbonyl (C=O) groups excluding carboxylic acids is 1. The molecule has 3 nitrogen and oxygen atoms in total. The number of benzene rings is 1. The number of esters is 1. The molecule has 0 bridgehead atoms. The second-order valence-electron chi connectivity index (χ2n) is 4.29. The van der Waals surface area contributed by atoms with E-state index in [2.05, 4.69) is 0 Å². The molecule has 1 aliphatic rings. The molecule has 0 saturated heterocycles. The van der Waals surface area contributed by atoms with Crippen molar-refractivity contribution in [3.63, 3.8) is 0 Å². The van der Waals surface area contributed by atoms with Gasteiger partial charge in [-0.05, 0) is 25.0 Å². The molecule has 1 N–H and O–H groups in total.